The Bertz CT molecular complexity index is 986. The maximum absolute atomic E-state index is 12.2. The molecule has 7 nitrogen and oxygen atoms in total. The molecule has 0 spiro atoms. The third kappa shape index (κ3) is 5.30. The molecule has 2 N–H and O–H groups in total. The molecular weight excluding hydrogens is 452 g/mol. The second kappa shape index (κ2) is 8.85. The Morgan fingerprint density at radius 2 is 2.19 bits per heavy atom. The van der Waals surface area contributed by atoms with Gasteiger partial charge in [0.2, 0.25) is 5.91 Å². The first-order valence-corrected chi connectivity index (χ1v) is 10.7. The molecule has 0 unspecified atom stereocenters. The Hall–Kier alpha value is -1.91. The number of nitrogens with zero attached hydrogens (tertiary/aromatic N) is 2. The minimum atomic E-state index is -0.297. The average molecular weight is 469 g/mol. The van der Waals surface area contributed by atoms with E-state index in [0.29, 0.717) is 16.9 Å². The number of anilines is 1. The van der Waals surface area contributed by atoms with Crippen LogP contribution >= 0.6 is 39.0 Å². The van der Waals surface area contributed by atoms with Gasteiger partial charge in [-0.3, -0.25) is 9.59 Å². The summed E-state index contributed by atoms with van der Waals surface area (Å²) in [5.74, 6) is -0.278. The lowest BCUT2D eigenvalue weighted by Gasteiger charge is -2.00. The number of thioether (sulfide) groups is 1. The van der Waals surface area contributed by atoms with Crippen LogP contribution in [0.25, 0.3) is 11.0 Å². The molecule has 142 valence electrons. The number of aromatic amines is 1. The second-order valence-electron chi connectivity index (χ2n) is 5.55. The van der Waals surface area contributed by atoms with Crippen molar-refractivity contribution in [3.63, 3.8) is 0 Å². The molecule has 1 aromatic carbocycles. The highest BCUT2D eigenvalue weighted by Crippen LogP contribution is 2.25. The summed E-state index contributed by atoms with van der Waals surface area (Å²) in [6.45, 7) is 3.92. The molecule has 0 atom stereocenters. The molecule has 3 rings (SSSR count). The van der Waals surface area contributed by atoms with Crippen LogP contribution in [0.15, 0.2) is 27.8 Å². The van der Waals surface area contributed by atoms with Crippen LogP contribution in [-0.4, -0.2) is 39.2 Å². The Kier molecular flexibility index (Phi) is 6.51. The van der Waals surface area contributed by atoms with Crippen LogP contribution in [0, 0.1) is 6.92 Å². The third-order valence-corrected chi connectivity index (χ3v) is 5.95. The van der Waals surface area contributed by atoms with Gasteiger partial charge in [0, 0.05) is 9.35 Å². The maximum Gasteiger partial charge on any atom is 0.311 e. The van der Waals surface area contributed by atoms with Crippen LogP contribution in [0.1, 0.15) is 17.5 Å². The van der Waals surface area contributed by atoms with E-state index in [0.717, 1.165) is 26.1 Å². The maximum atomic E-state index is 12.2. The number of nitrogens with one attached hydrogen (secondary N) is 2. The number of aromatic nitrogens is 3. The van der Waals surface area contributed by atoms with Gasteiger partial charge in [0.1, 0.15) is 0 Å². The summed E-state index contributed by atoms with van der Waals surface area (Å²) in [6.07, 6.45) is 0.163. The zero-order valence-electron chi connectivity index (χ0n) is 14.7. The Morgan fingerprint density at radius 3 is 2.96 bits per heavy atom. The van der Waals surface area contributed by atoms with Crippen LogP contribution in [0.5, 0.6) is 0 Å². The molecule has 0 radical (unpaired) electrons. The molecule has 0 saturated heterocycles. The van der Waals surface area contributed by atoms with Gasteiger partial charge in [-0.25, -0.2) is 9.97 Å². The standard InChI is InChI=1S/C17H17BrN4O3S2/c1-3-25-15(24)7-13-9(2)19-17(27-13)22-14(23)8-26-16-20-11-5-4-10(18)6-12(11)21-16/h4-6H,3,7-8H2,1-2H3,(H,20,21)(H,19,22,23). The molecule has 1 amide bonds. The van der Waals surface area contributed by atoms with Crippen LogP contribution < -0.4 is 5.32 Å². The molecule has 0 aliphatic heterocycles. The van der Waals surface area contributed by atoms with Crippen molar-refractivity contribution < 1.29 is 14.3 Å². The monoisotopic (exact) mass is 468 g/mol. The highest BCUT2D eigenvalue weighted by Gasteiger charge is 2.15. The largest absolute Gasteiger partial charge is 0.466 e. The number of aryl methyl sites for hydroxylation is 1. The summed E-state index contributed by atoms with van der Waals surface area (Å²) in [5, 5.41) is 3.92. The van der Waals surface area contributed by atoms with Crippen molar-refractivity contribution in [3.05, 3.63) is 33.2 Å². The summed E-state index contributed by atoms with van der Waals surface area (Å²) < 4.78 is 5.91. The average Bonchev–Trinajstić information content (AvgIpc) is 3.16. The Balaban J connectivity index is 1.56. The fourth-order valence-electron chi connectivity index (χ4n) is 2.30. The van der Waals surface area contributed by atoms with E-state index >= 15 is 0 Å². The summed E-state index contributed by atoms with van der Waals surface area (Å²) in [6, 6.07) is 5.77. The summed E-state index contributed by atoms with van der Waals surface area (Å²) in [4.78, 5) is 36.5. The van der Waals surface area contributed by atoms with Gasteiger partial charge < -0.3 is 15.0 Å². The lowest BCUT2D eigenvalue weighted by Crippen LogP contribution is -2.13. The van der Waals surface area contributed by atoms with E-state index in [1.807, 2.05) is 25.1 Å². The number of rotatable bonds is 7. The Morgan fingerprint density at radius 1 is 1.37 bits per heavy atom. The predicted molar refractivity (Wildman–Crippen MR) is 110 cm³/mol. The van der Waals surface area contributed by atoms with E-state index in [1.165, 1.54) is 23.1 Å². The smallest absolute Gasteiger partial charge is 0.311 e. The highest BCUT2D eigenvalue weighted by atomic mass is 79.9. The fraction of sp³-hybridized carbons (Fsp3) is 0.294. The number of benzene rings is 1. The SMILES string of the molecule is CCOC(=O)Cc1sc(NC(=O)CSc2nc3ccc(Br)cc3[nH]2)nc1C. The molecule has 0 bridgehead atoms. The molecule has 0 fully saturated rings. The molecule has 0 aliphatic rings. The van der Waals surface area contributed by atoms with Gasteiger partial charge in [0.25, 0.3) is 0 Å². The van der Waals surface area contributed by atoms with Crippen LogP contribution in [0.4, 0.5) is 5.13 Å². The molecule has 0 saturated carbocycles. The summed E-state index contributed by atoms with van der Waals surface area (Å²) in [7, 11) is 0. The number of imidazole rings is 1. The van der Waals surface area contributed by atoms with Crippen molar-refractivity contribution in [1.82, 2.24) is 15.0 Å². The van der Waals surface area contributed by atoms with Crippen molar-refractivity contribution in [3.8, 4) is 0 Å². The normalized spacial score (nSPS) is 10.9. The van der Waals surface area contributed by atoms with E-state index in [-0.39, 0.29) is 24.1 Å². The number of esters is 1. The molecule has 2 aromatic heterocycles. The van der Waals surface area contributed by atoms with E-state index in [9.17, 15) is 9.59 Å². The van der Waals surface area contributed by atoms with E-state index < -0.39 is 0 Å². The van der Waals surface area contributed by atoms with Gasteiger partial charge in [-0.15, -0.1) is 11.3 Å². The third-order valence-electron chi connectivity index (χ3n) is 3.51. The number of amides is 1. The molecule has 2 heterocycles. The number of fused-ring (bicyclic) bond motifs is 1. The molecule has 10 heteroatoms. The van der Waals surface area contributed by atoms with Crippen molar-refractivity contribution in [1.29, 1.82) is 0 Å². The van der Waals surface area contributed by atoms with Crippen molar-refractivity contribution in [2.45, 2.75) is 25.4 Å². The zero-order valence-corrected chi connectivity index (χ0v) is 17.9. The lowest BCUT2D eigenvalue weighted by molar-refractivity contribution is -0.142. The zero-order chi connectivity index (χ0) is 19.4. The topological polar surface area (TPSA) is 97.0 Å². The Labute approximate surface area is 172 Å². The lowest BCUT2D eigenvalue weighted by atomic mass is 10.3. The summed E-state index contributed by atoms with van der Waals surface area (Å²) in [5.41, 5.74) is 2.48. The number of ether oxygens (including phenoxy) is 1. The number of halogens is 1. The van der Waals surface area contributed by atoms with Gasteiger partial charge in [0.05, 0.1) is 35.5 Å². The summed E-state index contributed by atoms with van der Waals surface area (Å²) >= 11 is 6.02. The van der Waals surface area contributed by atoms with Crippen molar-refractivity contribution in [2.24, 2.45) is 0 Å². The van der Waals surface area contributed by atoms with Crippen molar-refractivity contribution >= 4 is 67.1 Å². The highest BCUT2D eigenvalue weighted by molar-refractivity contribution is 9.10. The van der Waals surface area contributed by atoms with E-state index in [1.54, 1.807) is 6.92 Å². The number of hydrogen-bond acceptors (Lipinski definition) is 7. The van der Waals surface area contributed by atoms with E-state index in [2.05, 4.69) is 36.2 Å². The second-order valence-corrected chi connectivity index (χ2v) is 8.51. The fourth-order valence-corrected chi connectivity index (χ4v) is 4.31. The number of carbonyl (C=O) groups excluding carboxylic acids is 2. The number of hydrogen-bond donors (Lipinski definition) is 2. The van der Waals surface area contributed by atoms with Crippen LogP contribution in [0.3, 0.4) is 0 Å². The van der Waals surface area contributed by atoms with Gasteiger partial charge >= 0.3 is 5.97 Å². The first-order valence-electron chi connectivity index (χ1n) is 8.14. The molecule has 0 aliphatic carbocycles. The molecule has 3 aromatic rings. The van der Waals surface area contributed by atoms with Gasteiger partial charge in [-0.2, -0.15) is 0 Å². The first-order chi connectivity index (χ1) is 12.9. The van der Waals surface area contributed by atoms with Crippen molar-refractivity contribution in [2.75, 3.05) is 17.7 Å². The first kappa shape index (κ1) is 19.8. The van der Waals surface area contributed by atoms with Gasteiger partial charge in [-0.05, 0) is 32.0 Å². The van der Waals surface area contributed by atoms with Crippen LogP contribution in [-0.2, 0) is 20.7 Å². The number of thiazole rings is 1. The number of H-pyrrole nitrogens is 1. The van der Waals surface area contributed by atoms with Crippen LogP contribution in [0.2, 0.25) is 0 Å². The number of carbonyl (C=O) groups is 2. The van der Waals surface area contributed by atoms with E-state index in [4.69, 9.17) is 4.74 Å². The molecule has 27 heavy (non-hydrogen) atoms. The molecular formula is C17H17BrN4O3S2. The minimum absolute atomic E-state index is 0.163. The minimum Gasteiger partial charge on any atom is -0.466 e. The quantitative estimate of drug-likeness (QED) is 0.402. The predicted octanol–water partition coefficient (Wildman–Crippen LogP) is 3.93. The van der Waals surface area contributed by atoms with Gasteiger partial charge in [-0.1, -0.05) is 27.7 Å². The van der Waals surface area contributed by atoms with Gasteiger partial charge in [0.15, 0.2) is 10.3 Å².